The summed E-state index contributed by atoms with van der Waals surface area (Å²) >= 11 is 0. The number of carbonyl (C=O) groups excluding carboxylic acids is 1. The van der Waals surface area contributed by atoms with Gasteiger partial charge in [0, 0.05) is 18.6 Å². The number of amides is 1. The molecule has 0 saturated heterocycles. The average molecular weight is 300 g/mol. The summed E-state index contributed by atoms with van der Waals surface area (Å²) in [4.78, 5) is 17.4. The maximum Gasteiger partial charge on any atom is 0.237 e. The lowest BCUT2D eigenvalue weighted by Crippen LogP contribution is -2.46. The third kappa shape index (κ3) is 3.89. The van der Waals surface area contributed by atoms with Crippen LogP contribution < -0.4 is 0 Å². The van der Waals surface area contributed by atoms with Crippen molar-refractivity contribution in [3.05, 3.63) is 35.9 Å². The molecule has 0 unspecified atom stereocenters. The molecule has 1 amide bonds. The number of likely N-dealkylation sites (N-methyl/N-ethyl adjacent to an activating group) is 1. The first-order chi connectivity index (χ1) is 10.8. The second-order valence-corrected chi connectivity index (χ2v) is 6.76. The number of carbonyl (C=O) groups is 1. The van der Waals surface area contributed by atoms with E-state index in [1.807, 2.05) is 6.07 Å². The maximum atomic E-state index is 12.9. The van der Waals surface area contributed by atoms with Crippen molar-refractivity contribution < 1.29 is 4.79 Å². The van der Waals surface area contributed by atoms with E-state index in [1.165, 1.54) is 44.1 Å². The van der Waals surface area contributed by atoms with Crippen LogP contribution in [0.4, 0.5) is 0 Å². The Bertz CT molecular complexity index is 477. The van der Waals surface area contributed by atoms with E-state index in [0.717, 1.165) is 13.1 Å². The standard InChI is InChI=1S/C19H28N2O/c1-2-20(14-16-8-4-3-5-9-16)15-19(22)21(18-12-13-18)17-10-6-7-11-17/h3-5,8-9,17-18H,2,6-7,10-15H2,1H3. The lowest BCUT2D eigenvalue weighted by Gasteiger charge is -2.31. The highest BCUT2D eigenvalue weighted by atomic mass is 16.2. The summed E-state index contributed by atoms with van der Waals surface area (Å²) in [5, 5.41) is 0. The molecule has 1 aromatic carbocycles. The Labute approximate surface area is 134 Å². The zero-order valence-corrected chi connectivity index (χ0v) is 13.7. The van der Waals surface area contributed by atoms with Crippen LogP contribution in [0.1, 0.15) is 51.0 Å². The molecule has 22 heavy (non-hydrogen) atoms. The van der Waals surface area contributed by atoms with Gasteiger partial charge in [-0.25, -0.2) is 0 Å². The van der Waals surface area contributed by atoms with Crippen molar-refractivity contribution >= 4 is 5.91 Å². The molecule has 3 rings (SSSR count). The molecule has 0 bridgehead atoms. The highest BCUT2D eigenvalue weighted by molar-refractivity contribution is 5.79. The van der Waals surface area contributed by atoms with Gasteiger partial charge in [0.1, 0.15) is 0 Å². The summed E-state index contributed by atoms with van der Waals surface area (Å²) in [5.74, 6) is 0.354. The topological polar surface area (TPSA) is 23.6 Å². The van der Waals surface area contributed by atoms with Crippen LogP contribution in [0.5, 0.6) is 0 Å². The Morgan fingerprint density at radius 2 is 1.68 bits per heavy atom. The highest BCUT2D eigenvalue weighted by Gasteiger charge is 2.38. The lowest BCUT2D eigenvalue weighted by atomic mass is 10.2. The molecule has 0 N–H and O–H groups in total. The van der Waals surface area contributed by atoms with E-state index in [4.69, 9.17) is 0 Å². The van der Waals surface area contributed by atoms with E-state index in [1.54, 1.807) is 0 Å². The molecular weight excluding hydrogens is 272 g/mol. The summed E-state index contributed by atoms with van der Waals surface area (Å²) in [7, 11) is 0. The molecule has 2 aliphatic carbocycles. The fourth-order valence-electron chi connectivity index (χ4n) is 3.63. The van der Waals surface area contributed by atoms with Crippen molar-refractivity contribution in [2.45, 2.75) is 64.1 Å². The lowest BCUT2D eigenvalue weighted by molar-refractivity contribution is -0.135. The molecule has 0 spiro atoms. The van der Waals surface area contributed by atoms with E-state index < -0.39 is 0 Å². The first-order valence-electron chi connectivity index (χ1n) is 8.85. The molecule has 2 saturated carbocycles. The number of benzene rings is 1. The predicted molar refractivity (Wildman–Crippen MR) is 89.5 cm³/mol. The molecule has 3 heteroatoms. The average Bonchev–Trinajstić information content (AvgIpc) is 3.22. The Kier molecular flexibility index (Phi) is 5.14. The SMILES string of the molecule is CCN(CC(=O)N(C1CCCC1)C1CC1)Cc1ccccc1. The Balaban J connectivity index is 1.60. The summed E-state index contributed by atoms with van der Waals surface area (Å²) in [6.45, 7) is 4.50. The van der Waals surface area contributed by atoms with Crippen molar-refractivity contribution in [2.24, 2.45) is 0 Å². The quantitative estimate of drug-likeness (QED) is 0.770. The molecule has 0 aromatic heterocycles. The van der Waals surface area contributed by atoms with Crippen LogP contribution in [0.15, 0.2) is 30.3 Å². The van der Waals surface area contributed by atoms with Gasteiger partial charge in [-0.1, -0.05) is 50.1 Å². The van der Waals surface area contributed by atoms with E-state index >= 15 is 0 Å². The number of nitrogens with zero attached hydrogens (tertiary/aromatic N) is 2. The molecule has 0 heterocycles. The van der Waals surface area contributed by atoms with Crippen LogP contribution in [0.2, 0.25) is 0 Å². The Morgan fingerprint density at radius 1 is 1.05 bits per heavy atom. The molecule has 3 nitrogen and oxygen atoms in total. The highest BCUT2D eigenvalue weighted by Crippen LogP contribution is 2.34. The molecule has 120 valence electrons. The third-order valence-corrected chi connectivity index (χ3v) is 5.00. The van der Waals surface area contributed by atoms with Crippen LogP contribution in [0, 0.1) is 0 Å². The van der Waals surface area contributed by atoms with Gasteiger partial charge < -0.3 is 4.90 Å². The van der Waals surface area contributed by atoms with Crippen molar-refractivity contribution in [1.82, 2.24) is 9.80 Å². The molecular formula is C19H28N2O. The van der Waals surface area contributed by atoms with Crippen LogP contribution in [-0.4, -0.2) is 40.9 Å². The Hall–Kier alpha value is -1.35. The van der Waals surface area contributed by atoms with Gasteiger partial charge in [0.05, 0.1) is 6.54 Å². The van der Waals surface area contributed by atoms with Crippen LogP contribution in [0.25, 0.3) is 0 Å². The molecule has 0 aliphatic heterocycles. The van der Waals surface area contributed by atoms with E-state index in [9.17, 15) is 4.79 Å². The number of hydrogen-bond acceptors (Lipinski definition) is 2. The number of hydrogen-bond donors (Lipinski definition) is 0. The normalized spacial score (nSPS) is 18.8. The van der Waals surface area contributed by atoms with E-state index in [0.29, 0.717) is 24.5 Å². The molecule has 1 aromatic rings. The van der Waals surface area contributed by atoms with Crippen molar-refractivity contribution in [2.75, 3.05) is 13.1 Å². The summed E-state index contributed by atoms with van der Waals surface area (Å²) in [6, 6.07) is 11.5. The van der Waals surface area contributed by atoms with E-state index in [2.05, 4.69) is 41.0 Å². The van der Waals surface area contributed by atoms with Crippen LogP contribution in [0.3, 0.4) is 0 Å². The molecule has 0 atom stereocenters. The third-order valence-electron chi connectivity index (χ3n) is 5.00. The van der Waals surface area contributed by atoms with Gasteiger partial charge in [0.2, 0.25) is 5.91 Å². The first kappa shape index (κ1) is 15.5. The van der Waals surface area contributed by atoms with Gasteiger partial charge in [-0.3, -0.25) is 9.69 Å². The summed E-state index contributed by atoms with van der Waals surface area (Å²) < 4.78 is 0. The molecule has 2 fully saturated rings. The van der Waals surface area contributed by atoms with Crippen molar-refractivity contribution in [1.29, 1.82) is 0 Å². The monoisotopic (exact) mass is 300 g/mol. The second kappa shape index (κ2) is 7.28. The summed E-state index contributed by atoms with van der Waals surface area (Å²) in [5.41, 5.74) is 1.29. The van der Waals surface area contributed by atoms with Gasteiger partial charge in [0.25, 0.3) is 0 Å². The minimum atomic E-state index is 0.354. The fourth-order valence-corrected chi connectivity index (χ4v) is 3.63. The van der Waals surface area contributed by atoms with Crippen LogP contribution in [-0.2, 0) is 11.3 Å². The maximum absolute atomic E-state index is 12.9. The minimum absolute atomic E-state index is 0.354. The first-order valence-corrected chi connectivity index (χ1v) is 8.85. The predicted octanol–water partition coefficient (Wildman–Crippen LogP) is 3.44. The van der Waals surface area contributed by atoms with Crippen molar-refractivity contribution in [3.63, 3.8) is 0 Å². The second-order valence-electron chi connectivity index (χ2n) is 6.76. The van der Waals surface area contributed by atoms with Crippen LogP contribution >= 0.6 is 0 Å². The molecule has 0 radical (unpaired) electrons. The van der Waals surface area contributed by atoms with Gasteiger partial charge in [-0.15, -0.1) is 0 Å². The minimum Gasteiger partial charge on any atom is -0.336 e. The van der Waals surface area contributed by atoms with Gasteiger partial charge in [0.15, 0.2) is 0 Å². The smallest absolute Gasteiger partial charge is 0.237 e. The van der Waals surface area contributed by atoms with E-state index in [-0.39, 0.29) is 0 Å². The van der Waals surface area contributed by atoms with Crippen molar-refractivity contribution in [3.8, 4) is 0 Å². The fraction of sp³-hybridized carbons (Fsp3) is 0.632. The largest absolute Gasteiger partial charge is 0.336 e. The zero-order chi connectivity index (χ0) is 15.4. The zero-order valence-electron chi connectivity index (χ0n) is 13.7. The van der Waals surface area contributed by atoms with Gasteiger partial charge in [-0.2, -0.15) is 0 Å². The summed E-state index contributed by atoms with van der Waals surface area (Å²) in [6.07, 6.45) is 7.45. The Morgan fingerprint density at radius 3 is 2.27 bits per heavy atom. The van der Waals surface area contributed by atoms with Gasteiger partial charge >= 0.3 is 0 Å². The molecule has 2 aliphatic rings. The number of rotatable bonds is 7. The van der Waals surface area contributed by atoms with Gasteiger partial charge in [-0.05, 0) is 37.8 Å².